The standard InChI is InChI=1S/C16H18ClFN2/c1-2-19-14(11-13-5-3-4-8-20-13)9-12-6-7-16(18)15(17)10-12/h3-8,10,14,19H,2,9,11H2,1H3. The number of hydrogen-bond acceptors (Lipinski definition) is 2. The molecule has 0 bridgehead atoms. The number of hydrogen-bond donors (Lipinski definition) is 1. The molecule has 0 amide bonds. The molecule has 0 fully saturated rings. The maximum atomic E-state index is 13.2. The lowest BCUT2D eigenvalue weighted by molar-refractivity contribution is 0.516. The van der Waals surface area contributed by atoms with E-state index in [9.17, 15) is 4.39 Å². The molecule has 20 heavy (non-hydrogen) atoms. The van der Waals surface area contributed by atoms with Crippen molar-refractivity contribution in [3.63, 3.8) is 0 Å². The minimum atomic E-state index is -0.375. The van der Waals surface area contributed by atoms with Crippen LogP contribution in [0.15, 0.2) is 42.6 Å². The quantitative estimate of drug-likeness (QED) is 0.879. The lowest BCUT2D eigenvalue weighted by Crippen LogP contribution is -2.33. The fourth-order valence-corrected chi connectivity index (χ4v) is 2.43. The van der Waals surface area contributed by atoms with E-state index in [2.05, 4.69) is 17.2 Å². The zero-order valence-electron chi connectivity index (χ0n) is 11.4. The number of likely N-dealkylation sites (N-methyl/N-ethyl adjacent to an activating group) is 1. The van der Waals surface area contributed by atoms with Crippen LogP contribution in [0, 0.1) is 5.82 Å². The van der Waals surface area contributed by atoms with Crippen LogP contribution >= 0.6 is 11.6 Å². The molecular weight excluding hydrogens is 275 g/mol. The number of benzene rings is 1. The van der Waals surface area contributed by atoms with Crippen molar-refractivity contribution in [3.05, 3.63) is 64.7 Å². The maximum absolute atomic E-state index is 13.2. The summed E-state index contributed by atoms with van der Waals surface area (Å²) in [4.78, 5) is 4.35. The molecular formula is C16H18ClFN2. The van der Waals surface area contributed by atoms with Crippen LogP contribution in [0.5, 0.6) is 0 Å². The molecule has 0 spiro atoms. The Kier molecular flexibility index (Phi) is 5.50. The lowest BCUT2D eigenvalue weighted by atomic mass is 10.0. The predicted molar refractivity (Wildman–Crippen MR) is 80.5 cm³/mol. The summed E-state index contributed by atoms with van der Waals surface area (Å²) in [6, 6.07) is 11.1. The van der Waals surface area contributed by atoms with Crippen LogP contribution < -0.4 is 5.32 Å². The molecule has 1 N–H and O–H groups in total. The number of aromatic nitrogens is 1. The minimum absolute atomic E-state index is 0.176. The van der Waals surface area contributed by atoms with Gasteiger partial charge >= 0.3 is 0 Å². The van der Waals surface area contributed by atoms with Gasteiger partial charge in [-0.15, -0.1) is 0 Å². The number of nitrogens with one attached hydrogen (secondary N) is 1. The largest absolute Gasteiger partial charge is 0.314 e. The summed E-state index contributed by atoms with van der Waals surface area (Å²) in [6.45, 7) is 2.95. The van der Waals surface area contributed by atoms with E-state index in [1.807, 2.05) is 18.2 Å². The number of rotatable bonds is 6. The molecule has 1 aromatic heterocycles. The third-order valence-corrected chi connectivity index (χ3v) is 3.43. The van der Waals surface area contributed by atoms with Gasteiger partial charge in [0, 0.05) is 24.4 Å². The number of pyridine rings is 1. The van der Waals surface area contributed by atoms with Gasteiger partial charge in [0.25, 0.3) is 0 Å². The van der Waals surface area contributed by atoms with Gasteiger partial charge in [0.2, 0.25) is 0 Å². The van der Waals surface area contributed by atoms with Gasteiger partial charge in [0.1, 0.15) is 5.82 Å². The fraction of sp³-hybridized carbons (Fsp3) is 0.312. The smallest absolute Gasteiger partial charge is 0.141 e. The molecule has 0 saturated heterocycles. The Hall–Kier alpha value is -1.45. The summed E-state index contributed by atoms with van der Waals surface area (Å²) in [7, 11) is 0. The van der Waals surface area contributed by atoms with Gasteiger partial charge < -0.3 is 5.32 Å². The molecule has 2 aromatic rings. The Morgan fingerprint density at radius 3 is 2.75 bits per heavy atom. The predicted octanol–water partition coefficient (Wildman–Crippen LogP) is 3.64. The lowest BCUT2D eigenvalue weighted by Gasteiger charge is -2.18. The van der Waals surface area contributed by atoms with Crippen molar-refractivity contribution in [2.24, 2.45) is 0 Å². The summed E-state index contributed by atoms with van der Waals surface area (Å²) in [5.41, 5.74) is 2.07. The van der Waals surface area contributed by atoms with Crippen LogP contribution in [0.3, 0.4) is 0 Å². The molecule has 1 heterocycles. The van der Waals surface area contributed by atoms with Gasteiger partial charge in [-0.25, -0.2) is 4.39 Å². The summed E-state index contributed by atoms with van der Waals surface area (Å²) in [6.07, 6.45) is 3.43. The Morgan fingerprint density at radius 1 is 1.25 bits per heavy atom. The van der Waals surface area contributed by atoms with Gasteiger partial charge in [-0.05, 0) is 42.8 Å². The molecule has 2 nitrogen and oxygen atoms in total. The molecule has 0 aliphatic carbocycles. The van der Waals surface area contributed by atoms with Crippen molar-refractivity contribution < 1.29 is 4.39 Å². The van der Waals surface area contributed by atoms with Crippen LogP contribution in [-0.2, 0) is 12.8 Å². The second-order valence-electron chi connectivity index (χ2n) is 4.73. The molecule has 106 valence electrons. The van der Waals surface area contributed by atoms with E-state index >= 15 is 0 Å². The first-order chi connectivity index (χ1) is 9.69. The van der Waals surface area contributed by atoms with Gasteiger partial charge in [-0.3, -0.25) is 4.98 Å². The normalized spacial score (nSPS) is 12.3. The van der Waals surface area contributed by atoms with Gasteiger partial charge in [-0.2, -0.15) is 0 Å². The summed E-state index contributed by atoms with van der Waals surface area (Å²) in [5.74, 6) is -0.375. The van der Waals surface area contributed by atoms with E-state index in [0.717, 1.165) is 30.6 Å². The molecule has 0 aliphatic rings. The SMILES string of the molecule is CCNC(Cc1ccc(F)c(Cl)c1)Cc1ccccn1. The van der Waals surface area contributed by atoms with Crippen LogP contribution in [0.25, 0.3) is 0 Å². The first-order valence-electron chi connectivity index (χ1n) is 6.76. The van der Waals surface area contributed by atoms with E-state index in [4.69, 9.17) is 11.6 Å². The van der Waals surface area contributed by atoms with Crippen molar-refractivity contribution in [1.29, 1.82) is 0 Å². The monoisotopic (exact) mass is 292 g/mol. The second kappa shape index (κ2) is 7.36. The van der Waals surface area contributed by atoms with Crippen LogP contribution in [-0.4, -0.2) is 17.6 Å². The average Bonchev–Trinajstić information content (AvgIpc) is 2.44. The van der Waals surface area contributed by atoms with Gasteiger partial charge in [0.05, 0.1) is 5.02 Å². The number of halogens is 2. The highest BCUT2D eigenvalue weighted by atomic mass is 35.5. The first kappa shape index (κ1) is 14.9. The third-order valence-electron chi connectivity index (χ3n) is 3.14. The molecule has 1 atom stereocenters. The molecule has 0 saturated carbocycles. The zero-order chi connectivity index (χ0) is 14.4. The van der Waals surface area contributed by atoms with E-state index in [1.165, 1.54) is 6.07 Å². The molecule has 2 rings (SSSR count). The average molecular weight is 293 g/mol. The Bertz CT molecular complexity index is 545. The van der Waals surface area contributed by atoms with Crippen molar-refractivity contribution in [2.75, 3.05) is 6.54 Å². The van der Waals surface area contributed by atoms with E-state index in [1.54, 1.807) is 18.3 Å². The highest BCUT2D eigenvalue weighted by Crippen LogP contribution is 2.17. The fourth-order valence-electron chi connectivity index (χ4n) is 2.23. The van der Waals surface area contributed by atoms with Gasteiger partial charge in [-0.1, -0.05) is 30.7 Å². The Morgan fingerprint density at radius 2 is 2.10 bits per heavy atom. The second-order valence-corrected chi connectivity index (χ2v) is 5.14. The first-order valence-corrected chi connectivity index (χ1v) is 7.14. The van der Waals surface area contributed by atoms with Gasteiger partial charge in [0.15, 0.2) is 0 Å². The molecule has 4 heteroatoms. The van der Waals surface area contributed by atoms with E-state index < -0.39 is 0 Å². The third kappa shape index (κ3) is 4.29. The molecule has 1 aromatic carbocycles. The van der Waals surface area contributed by atoms with Crippen molar-refractivity contribution >= 4 is 11.6 Å². The van der Waals surface area contributed by atoms with Crippen LogP contribution in [0.1, 0.15) is 18.2 Å². The molecule has 0 aliphatic heterocycles. The summed E-state index contributed by atoms with van der Waals surface area (Å²) < 4.78 is 13.2. The van der Waals surface area contributed by atoms with Crippen molar-refractivity contribution in [2.45, 2.75) is 25.8 Å². The highest BCUT2D eigenvalue weighted by Gasteiger charge is 2.11. The highest BCUT2D eigenvalue weighted by molar-refractivity contribution is 6.30. The molecule has 0 radical (unpaired) electrons. The van der Waals surface area contributed by atoms with Crippen LogP contribution in [0.2, 0.25) is 5.02 Å². The molecule has 1 unspecified atom stereocenters. The Balaban J connectivity index is 2.06. The minimum Gasteiger partial charge on any atom is -0.314 e. The maximum Gasteiger partial charge on any atom is 0.141 e. The zero-order valence-corrected chi connectivity index (χ0v) is 12.2. The van der Waals surface area contributed by atoms with Crippen molar-refractivity contribution in [3.8, 4) is 0 Å². The Labute approximate surface area is 124 Å². The summed E-state index contributed by atoms with van der Waals surface area (Å²) >= 11 is 5.83. The van der Waals surface area contributed by atoms with E-state index in [-0.39, 0.29) is 16.9 Å². The van der Waals surface area contributed by atoms with Crippen molar-refractivity contribution in [1.82, 2.24) is 10.3 Å². The topological polar surface area (TPSA) is 24.9 Å². The summed E-state index contributed by atoms with van der Waals surface area (Å²) in [5, 5.41) is 3.61. The van der Waals surface area contributed by atoms with Crippen LogP contribution in [0.4, 0.5) is 4.39 Å². The van der Waals surface area contributed by atoms with E-state index in [0.29, 0.717) is 0 Å². The number of nitrogens with zero attached hydrogens (tertiary/aromatic N) is 1.